The van der Waals surface area contributed by atoms with Crippen LogP contribution in [0.1, 0.15) is 28.4 Å². The molecule has 0 unspecified atom stereocenters. The Labute approximate surface area is 137 Å². The normalized spacial score (nSPS) is 22.1. The van der Waals surface area contributed by atoms with E-state index < -0.39 is 0 Å². The fraction of sp³-hybridized carbons (Fsp3) is 0.647. The number of hydrogen-bond acceptors (Lipinski definition) is 5. The maximum atomic E-state index is 5.71. The van der Waals surface area contributed by atoms with E-state index in [1.807, 2.05) is 24.7 Å². The molecular formula is C17H26N4O2. The van der Waals surface area contributed by atoms with Crippen LogP contribution in [-0.2, 0) is 24.8 Å². The highest BCUT2D eigenvalue weighted by molar-refractivity contribution is 5.24. The minimum Gasteiger partial charge on any atom is -0.380 e. The quantitative estimate of drug-likeness (QED) is 0.844. The molecule has 0 bridgehead atoms. The predicted molar refractivity (Wildman–Crippen MR) is 87.2 cm³/mol. The van der Waals surface area contributed by atoms with Gasteiger partial charge in [0.2, 0.25) is 0 Å². The molecule has 1 fully saturated rings. The van der Waals surface area contributed by atoms with Gasteiger partial charge in [0.25, 0.3) is 0 Å². The molecule has 126 valence electrons. The van der Waals surface area contributed by atoms with Crippen molar-refractivity contribution >= 4 is 0 Å². The van der Waals surface area contributed by atoms with Crippen LogP contribution in [0.2, 0.25) is 0 Å². The van der Waals surface area contributed by atoms with Crippen molar-refractivity contribution in [3.63, 3.8) is 0 Å². The van der Waals surface area contributed by atoms with Gasteiger partial charge in [0.15, 0.2) is 0 Å². The van der Waals surface area contributed by atoms with Crippen LogP contribution in [0.4, 0.5) is 0 Å². The zero-order valence-corrected chi connectivity index (χ0v) is 14.7. The average Bonchev–Trinajstić information content (AvgIpc) is 3.15. The number of aromatic nitrogens is 3. The van der Waals surface area contributed by atoms with Gasteiger partial charge in [-0.1, -0.05) is 5.16 Å². The second kappa shape index (κ2) is 6.45. The van der Waals surface area contributed by atoms with Crippen LogP contribution in [0.15, 0.2) is 10.6 Å². The highest BCUT2D eigenvalue weighted by Crippen LogP contribution is 2.26. The van der Waals surface area contributed by atoms with E-state index in [0.717, 1.165) is 43.2 Å². The molecule has 1 aliphatic heterocycles. The lowest BCUT2D eigenvalue weighted by Crippen LogP contribution is -2.23. The topological polar surface area (TPSA) is 56.3 Å². The van der Waals surface area contributed by atoms with Gasteiger partial charge in [-0.2, -0.15) is 5.10 Å². The second-order valence-electron chi connectivity index (χ2n) is 6.64. The molecule has 0 saturated carbocycles. The first-order valence-corrected chi connectivity index (χ1v) is 8.14. The van der Waals surface area contributed by atoms with Crippen molar-refractivity contribution in [1.29, 1.82) is 0 Å². The second-order valence-corrected chi connectivity index (χ2v) is 6.64. The predicted octanol–water partition coefficient (Wildman–Crippen LogP) is 2.02. The number of aryl methyl sites for hydroxylation is 3. The Morgan fingerprint density at radius 3 is 2.65 bits per heavy atom. The number of nitrogens with zero attached hydrogens (tertiary/aromatic N) is 4. The summed E-state index contributed by atoms with van der Waals surface area (Å²) >= 11 is 0. The maximum Gasteiger partial charge on any atom is 0.137 e. The van der Waals surface area contributed by atoms with Crippen molar-refractivity contribution in [2.45, 2.75) is 39.8 Å². The van der Waals surface area contributed by atoms with E-state index in [1.54, 1.807) is 7.11 Å². The minimum absolute atomic E-state index is 0.234. The van der Waals surface area contributed by atoms with Gasteiger partial charge in [0.1, 0.15) is 5.76 Å². The van der Waals surface area contributed by atoms with Gasteiger partial charge in [-0.05, 0) is 20.8 Å². The Kier molecular flexibility index (Phi) is 4.55. The summed E-state index contributed by atoms with van der Waals surface area (Å²) in [6.45, 7) is 9.05. The summed E-state index contributed by atoms with van der Waals surface area (Å²) in [5, 5.41) is 8.50. The van der Waals surface area contributed by atoms with Gasteiger partial charge >= 0.3 is 0 Å². The highest BCUT2D eigenvalue weighted by atomic mass is 16.5. The summed E-state index contributed by atoms with van der Waals surface area (Å²) in [6, 6.07) is 2.02. The number of hydrogen-bond donors (Lipinski definition) is 0. The summed E-state index contributed by atoms with van der Waals surface area (Å²) < 4.78 is 13.1. The van der Waals surface area contributed by atoms with E-state index in [4.69, 9.17) is 9.26 Å². The van der Waals surface area contributed by atoms with Gasteiger partial charge in [0.05, 0.1) is 17.5 Å². The molecule has 0 aromatic carbocycles. The van der Waals surface area contributed by atoms with Crippen molar-refractivity contribution in [2.24, 2.45) is 13.0 Å². The highest BCUT2D eigenvalue weighted by Gasteiger charge is 2.34. The Morgan fingerprint density at radius 1 is 1.30 bits per heavy atom. The van der Waals surface area contributed by atoms with Crippen molar-refractivity contribution < 1.29 is 9.26 Å². The van der Waals surface area contributed by atoms with Gasteiger partial charge in [0, 0.05) is 63.5 Å². The van der Waals surface area contributed by atoms with Crippen LogP contribution in [0, 0.1) is 26.7 Å². The smallest absolute Gasteiger partial charge is 0.137 e. The van der Waals surface area contributed by atoms with Crippen LogP contribution in [0.25, 0.3) is 0 Å². The summed E-state index contributed by atoms with van der Waals surface area (Å²) in [5.41, 5.74) is 4.63. The maximum absolute atomic E-state index is 5.71. The number of ether oxygens (including phenoxy) is 1. The summed E-state index contributed by atoms with van der Waals surface area (Å²) in [6.07, 6.45) is 1.11. The van der Waals surface area contributed by atoms with Crippen molar-refractivity contribution in [2.75, 3.05) is 20.2 Å². The van der Waals surface area contributed by atoms with Crippen molar-refractivity contribution in [3.05, 3.63) is 34.5 Å². The van der Waals surface area contributed by atoms with E-state index in [-0.39, 0.29) is 6.10 Å². The van der Waals surface area contributed by atoms with Crippen LogP contribution in [0.3, 0.4) is 0 Å². The van der Waals surface area contributed by atoms with Crippen LogP contribution in [-0.4, -0.2) is 46.1 Å². The third-order valence-corrected chi connectivity index (χ3v) is 4.94. The fourth-order valence-electron chi connectivity index (χ4n) is 3.56. The molecule has 6 heteroatoms. The summed E-state index contributed by atoms with van der Waals surface area (Å²) in [7, 11) is 3.80. The van der Waals surface area contributed by atoms with Crippen molar-refractivity contribution in [1.82, 2.24) is 19.8 Å². The van der Waals surface area contributed by atoms with E-state index in [2.05, 4.69) is 29.0 Å². The molecule has 0 radical (unpaired) electrons. The first kappa shape index (κ1) is 16.2. The molecule has 2 atom stereocenters. The van der Waals surface area contributed by atoms with E-state index in [1.165, 1.54) is 11.3 Å². The largest absolute Gasteiger partial charge is 0.380 e. The molecule has 6 nitrogen and oxygen atoms in total. The lowest BCUT2D eigenvalue weighted by molar-refractivity contribution is 0.0761. The Bertz CT molecular complexity index is 676. The molecule has 0 N–H and O–H groups in total. The standard InChI is InChI=1S/C17H26N4O2/c1-11-6-15(23-19-11)7-14-8-21(10-17(14)22-5)9-16-12(2)18-20(4)13(16)3/h6,14,17H,7-10H2,1-5H3/t14-,17+/m1/s1. The van der Waals surface area contributed by atoms with Crippen LogP contribution in [0.5, 0.6) is 0 Å². The molecule has 1 saturated heterocycles. The molecule has 0 spiro atoms. The summed E-state index contributed by atoms with van der Waals surface area (Å²) in [4.78, 5) is 2.46. The number of likely N-dealkylation sites (tertiary alicyclic amines) is 1. The molecule has 23 heavy (non-hydrogen) atoms. The number of methoxy groups -OCH3 is 1. The first-order valence-electron chi connectivity index (χ1n) is 8.14. The lowest BCUT2D eigenvalue weighted by atomic mass is 10.0. The number of rotatable bonds is 5. The summed E-state index contributed by atoms with van der Waals surface area (Å²) in [5.74, 6) is 1.38. The van der Waals surface area contributed by atoms with Gasteiger partial charge < -0.3 is 9.26 Å². The minimum atomic E-state index is 0.234. The van der Waals surface area contributed by atoms with E-state index >= 15 is 0 Å². The van der Waals surface area contributed by atoms with E-state index in [9.17, 15) is 0 Å². The SMILES string of the molecule is CO[C@H]1CN(Cc2c(C)nn(C)c2C)C[C@H]1Cc1cc(C)no1. The fourth-order valence-corrected chi connectivity index (χ4v) is 3.56. The Balaban J connectivity index is 1.68. The molecule has 0 amide bonds. The molecule has 2 aromatic heterocycles. The van der Waals surface area contributed by atoms with Gasteiger partial charge in [-0.15, -0.1) is 0 Å². The molecule has 1 aliphatic rings. The van der Waals surface area contributed by atoms with Gasteiger partial charge in [-0.3, -0.25) is 9.58 Å². The third-order valence-electron chi connectivity index (χ3n) is 4.94. The first-order chi connectivity index (χ1) is 11.0. The molecule has 0 aliphatic carbocycles. The zero-order chi connectivity index (χ0) is 16.6. The van der Waals surface area contributed by atoms with Crippen molar-refractivity contribution in [3.8, 4) is 0 Å². The van der Waals surface area contributed by atoms with Gasteiger partial charge in [-0.25, -0.2) is 0 Å². The van der Waals surface area contributed by atoms with Crippen LogP contribution < -0.4 is 0 Å². The monoisotopic (exact) mass is 318 g/mol. The lowest BCUT2D eigenvalue weighted by Gasteiger charge is -2.15. The average molecular weight is 318 g/mol. The molecular weight excluding hydrogens is 292 g/mol. The Morgan fingerprint density at radius 2 is 2.09 bits per heavy atom. The Hall–Kier alpha value is -1.66. The van der Waals surface area contributed by atoms with Crippen LogP contribution >= 0.6 is 0 Å². The molecule has 2 aromatic rings. The molecule has 3 rings (SSSR count). The third kappa shape index (κ3) is 3.33. The molecule has 3 heterocycles. The van der Waals surface area contributed by atoms with E-state index in [0.29, 0.717) is 5.92 Å². The zero-order valence-electron chi connectivity index (χ0n) is 14.7.